The summed E-state index contributed by atoms with van der Waals surface area (Å²) in [5.41, 5.74) is -0.437. The van der Waals surface area contributed by atoms with Crippen LogP contribution in [-0.4, -0.2) is 163 Å². The molecule has 2 aliphatic rings. The van der Waals surface area contributed by atoms with E-state index in [0.29, 0.717) is 0 Å². The van der Waals surface area contributed by atoms with E-state index in [2.05, 4.69) is 5.32 Å². The number of hydrogen-bond acceptors (Lipinski definition) is 15. The minimum absolute atomic E-state index is 0.0737. The third kappa shape index (κ3) is 8.95. The van der Waals surface area contributed by atoms with Crippen LogP contribution >= 0.6 is 0 Å². The Bertz CT molecular complexity index is 784. The summed E-state index contributed by atoms with van der Waals surface area (Å²) in [5.74, 6) is -0.599. The van der Waals surface area contributed by atoms with Crippen LogP contribution in [0.5, 0.6) is 0 Å². The molecule has 0 saturated carbocycles. The molecule has 2 rings (SSSR count). The van der Waals surface area contributed by atoms with Crippen LogP contribution in [0.4, 0.5) is 0 Å². The maximum atomic E-state index is 11.6. The van der Waals surface area contributed by atoms with Gasteiger partial charge in [0.25, 0.3) is 0 Å². The Kier molecular flexibility index (Phi) is 13.1. The van der Waals surface area contributed by atoms with E-state index in [1.165, 1.54) is 0 Å². The number of ether oxygens (including phenoxy) is 4. The van der Waals surface area contributed by atoms with Crippen molar-refractivity contribution in [3.63, 3.8) is 0 Å². The highest BCUT2D eigenvalue weighted by Crippen LogP contribution is 2.29. The van der Waals surface area contributed by atoms with Gasteiger partial charge in [-0.25, -0.2) is 0 Å². The molecule has 40 heavy (non-hydrogen) atoms. The van der Waals surface area contributed by atoms with E-state index in [9.17, 15) is 55.9 Å². The first kappa shape index (κ1) is 35.1. The van der Waals surface area contributed by atoms with Gasteiger partial charge in [-0.15, -0.1) is 0 Å². The van der Waals surface area contributed by atoms with E-state index in [4.69, 9.17) is 18.9 Å². The zero-order valence-corrected chi connectivity index (χ0v) is 22.9. The molecule has 2 saturated heterocycles. The van der Waals surface area contributed by atoms with Crippen LogP contribution in [0.2, 0.25) is 0 Å². The van der Waals surface area contributed by atoms with Gasteiger partial charge in [0.15, 0.2) is 12.6 Å². The highest BCUT2D eigenvalue weighted by molar-refractivity contribution is 5.73. The number of nitrogens with one attached hydrogen (secondary N) is 1. The van der Waals surface area contributed by atoms with Crippen molar-refractivity contribution in [3.8, 4) is 0 Å². The predicted molar refractivity (Wildman–Crippen MR) is 132 cm³/mol. The van der Waals surface area contributed by atoms with Gasteiger partial charge in [-0.1, -0.05) is 20.8 Å². The molecule has 11 N–H and O–H groups in total. The van der Waals surface area contributed by atoms with Crippen molar-refractivity contribution < 1.29 is 74.8 Å². The lowest BCUT2D eigenvalue weighted by molar-refractivity contribution is -0.338. The summed E-state index contributed by atoms with van der Waals surface area (Å²) in [6.07, 6.45) is -21.3. The molecule has 14 atom stereocenters. The first-order chi connectivity index (χ1) is 18.5. The third-order valence-electron chi connectivity index (χ3n) is 6.75. The van der Waals surface area contributed by atoms with Gasteiger partial charge in [0.05, 0.1) is 25.9 Å². The smallest absolute Gasteiger partial charge is 0.217 e. The van der Waals surface area contributed by atoms with Gasteiger partial charge in [-0.05, 0) is 11.8 Å². The van der Waals surface area contributed by atoms with Crippen LogP contribution in [0.25, 0.3) is 0 Å². The highest BCUT2D eigenvalue weighted by atomic mass is 16.7. The van der Waals surface area contributed by atoms with Crippen molar-refractivity contribution in [2.24, 2.45) is 5.41 Å². The van der Waals surface area contributed by atoms with Gasteiger partial charge in [-0.3, -0.25) is 4.79 Å². The summed E-state index contributed by atoms with van der Waals surface area (Å²) < 4.78 is 22.1. The second-order valence-electron chi connectivity index (χ2n) is 11.5. The van der Waals surface area contributed by atoms with Crippen LogP contribution in [0.15, 0.2) is 0 Å². The topological polar surface area (TPSA) is 268 Å². The van der Waals surface area contributed by atoms with Gasteiger partial charge in [-0.2, -0.15) is 0 Å². The number of carbonyl (C=O) groups is 1. The zero-order valence-electron chi connectivity index (χ0n) is 22.9. The Morgan fingerprint density at radius 3 is 1.95 bits per heavy atom. The number of aliphatic hydroxyl groups excluding tert-OH is 10. The van der Waals surface area contributed by atoms with E-state index in [1.54, 1.807) is 20.8 Å². The summed E-state index contributed by atoms with van der Waals surface area (Å²) in [5, 5.41) is 105. The maximum absolute atomic E-state index is 11.6. The largest absolute Gasteiger partial charge is 0.394 e. The monoisotopic (exact) mass is 587 g/mol. The van der Waals surface area contributed by atoms with Crippen LogP contribution < -0.4 is 5.32 Å². The lowest BCUT2D eigenvalue weighted by Gasteiger charge is -2.45. The van der Waals surface area contributed by atoms with Crippen molar-refractivity contribution in [2.45, 2.75) is 120 Å². The van der Waals surface area contributed by atoms with E-state index in [0.717, 1.165) is 6.92 Å². The lowest BCUT2D eigenvalue weighted by atomic mass is 9.86. The van der Waals surface area contributed by atoms with Crippen molar-refractivity contribution in [1.29, 1.82) is 0 Å². The molecule has 0 aliphatic carbocycles. The molecule has 236 valence electrons. The van der Waals surface area contributed by atoms with Crippen LogP contribution in [0.3, 0.4) is 0 Å². The number of rotatable bonds is 12. The predicted octanol–water partition coefficient (Wildman–Crippen LogP) is -5.35. The second-order valence-corrected chi connectivity index (χ2v) is 11.5. The van der Waals surface area contributed by atoms with Gasteiger partial charge in [0.1, 0.15) is 67.1 Å². The maximum Gasteiger partial charge on any atom is 0.217 e. The summed E-state index contributed by atoms with van der Waals surface area (Å²) in [7, 11) is 0. The van der Waals surface area contributed by atoms with Crippen molar-refractivity contribution in [3.05, 3.63) is 0 Å². The van der Waals surface area contributed by atoms with Gasteiger partial charge >= 0.3 is 0 Å². The summed E-state index contributed by atoms with van der Waals surface area (Å²) >= 11 is 0. The van der Waals surface area contributed by atoms with E-state index >= 15 is 0 Å². The molecule has 2 fully saturated rings. The van der Waals surface area contributed by atoms with Gasteiger partial charge in [0.2, 0.25) is 5.91 Å². The molecule has 0 spiro atoms. The average Bonchev–Trinajstić information content (AvgIpc) is 2.87. The van der Waals surface area contributed by atoms with Crippen LogP contribution in [0, 0.1) is 5.41 Å². The molecule has 2 heterocycles. The third-order valence-corrected chi connectivity index (χ3v) is 6.75. The fourth-order valence-electron chi connectivity index (χ4n) is 4.59. The molecule has 1 unspecified atom stereocenters. The van der Waals surface area contributed by atoms with Crippen molar-refractivity contribution in [1.82, 2.24) is 5.32 Å². The Morgan fingerprint density at radius 1 is 0.850 bits per heavy atom. The quantitative estimate of drug-likeness (QED) is 0.102. The highest BCUT2D eigenvalue weighted by Gasteiger charge is 2.49. The van der Waals surface area contributed by atoms with E-state index in [1.807, 2.05) is 0 Å². The normalized spacial score (nSPS) is 38.4. The average molecular weight is 588 g/mol. The summed E-state index contributed by atoms with van der Waals surface area (Å²) in [4.78, 5) is 11.6. The van der Waals surface area contributed by atoms with E-state index in [-0.39, 0.29) is 6.42 Å². The first-order valence-electron chi connectivity index (χ1n) is 13.0. The number of amides is 1. The number of hydrogen-bond donors (Lipinski definition) is 11. The lowest BCUT2D eigenvalue weighted by Crippen LogP contribution is -2.65. The standard InChI is InChI=1S/C24H45NO15/c1-9(28)25-14-18(34)16(32)12(7-27)38-22(14)37-8-13-17(33)19(35)20(36)23(39-13)40-21(11(30)6-26)15(31)10(29)5-24(2,3)4/h10-23,26-27,29-36H,5-8H2,1-4H3,(H,25,28)/t10-,11+,12+,13+,14+,15+,16+,17-,18+,19-,20?,21+,22+,23-/m0/s1. The second kappa shape index (κ2) is 14.9. The minimum Gasteiger partial charge on any atom is -0.394 e. The van der Waals surface area contributed by atoms with Crippen molar-refractivity contribution in [2.75, 3.05) is 19.8 Å². The van der Waals surface area contributed by atoms with Crippen molar-refractivity contribution >= 4 is 5.91 Å². The van der Waals surface area contributed by atoms with E-state index < -0.39 is 117 Å². The molecule has 0 bridgehead atoms. The molecular weight excluding hydrogens is 542 g/mol. The SMILES string of the molecule is CC(=O)N[C@H]1[C@H](OC[C@H]2O[C@@H](O[C@@H]([C@H](O)[C@@H](O)CC(C)(C)C)[C@H](O)CO)C(O)[C@@H](O)[C@H]2O)O[C@H](CO)[C@@H](O)[C@@H]1O. The number of aliphatic hydroxyl groups is 10. The summed E-state index contributed by atoms with van der Waals surface area (Å²) in [6.45, 7) is 4.34. The summed E-state index contributed by atoms with van der Waals surface area (Å²) in [6, 6.07) is -1.30. The molecule has 16 heteroatoms. The molecule has 16 nitrogen and oxygen atoms in total. The Morgan fingerprint density at radius 2 is 1.43 bits per heavy atom. The van der Waals surface area contributed by atoms with Gasteiger partial charge < -0.3 is 75.3 Å². The Labute approximate surface area is 231 Å². The Balaban J connectivity index is 2.19. The number of carbonyl (C=O) groups excluding carboxylic acids is 1. The Hall–Kier alpha value is -1.09. The fourth-order valence-corrected chi connectivity index (χ4v) is 4.59. The minimum atomic E-state index is -1.90. The molecule has 2 aliphatic heterocycles. The molecular formula is C24H45NO15. The molecule has 0 aromatic rings. The zero-order chi connectivity index (χ0) is 30.5. The molecule has 0 aromatic heterocycles. The van der Waals surface area contributed by atoms with Crippen LogP contribution in [-0.2, 0) is 23.7 Å². The first-order valence-corrected chi connectivity index (χ1v) is 13.0. The van der Waals surface area contributed by atoms with Crippen LogP contribution in [0.1, 0.15) is 34.1 Å². The molecule has 0 aromatic carbocycles. The van der Waals surface area contributed by atoms with Gasteiger partial charge in [0, 0.05) is 6.92 Å². The molecule has 0 radical (unpaired) electrons. The molecule has 1 amide bonds. The fraction of sp³-hybridized carbons (Fsp3) is 0.958.